The molecule has 0 saturated heterocycles. The van der Waals surface area contributed by atoms with Crippen LogP contribution < -0.4 is 16.8 Å². The number of aromatic nitrogens is 2. The number of pyridine rings is 2. The number of anilines is 2. The van der Waals surface area contributed by atoms with Crippen LogP contribution in [0, 0.1) is 31.6 Å². The van der Waals surface area contributed by atoms with Crippen LogP contribution in [0.15, 0.2) is 30.5 Å². The lowest BCUT2D eigenvalue weighted by Gasteiger charge is -2.12. The first-order valence-corrected chi connectivity index (χ1v) is 9.38. The number of primary amides is 1. The summed E-state index contributed by atoms with van der Waals surface area (Å²) in [7, 11) is 0. The van der Waals surface area contributed by atoms with Crippen molar-refractivity contribution in [3.05, 3.63) is 47.2 Å². The Morgan fingerprint density at radius 2 is 1.83 bits per heavy atom. The Morgan fingerprint density at radius 3 is 2.47 bits per heavy atom. The molecule has 2 amide bonds. The highest BCUT2D eigenvalue weighted by Gasteiger charge is 2.29. The van der Waals surface area contributed by atoms with Crippen LogP contribution in [-0.2, 0) is 4.79 Å². The van der Waals surface area contributed by atoms with E-state index >= 15 is 0 Å². The molecule has 1 aromatic carbocycles. The first-order chi connectivity index (χ1) is 14.3. The number of hydrogen-bond donors (Lipinski definition) is 3. The zero-order chi connectivity index (χ0) is 22.0. The van der Waals surface area contributed by atoms with Gasteiger partial charge in [0.1, 0.15) is 11.6 Å². The Labute approximate surface area is 173 Å². The minimum atomic E-state index is -0.484. The van der Waals surface area contributed by atoms with Gasteiger partial charge in [0, 0.05) is 35.2 Å². The summed E-state index contributed by atoms with van der Waals surface area (Å²) >= 11 is 0. The maximum absolute atomic E-state index is 12.0. The van der Waals surface area contributed by atoms with E-state index in [9.17, 15) is 9.59 Å². The Bertz CT molecular complexity index is 1180. The van der Waals surface area contributed by atoms with Crippen LogP contribution in [0.25, 0.3) is 22.0 Å². The smallest absolute Gasteiger partial charge is 0.248 e. The van der Waals surface area contributed by atoms with Gasteiger partial charge in [0.2, 0.25) is 11.8 Å². The summed E-state index contributed by atoms with van der Waals surface area (Å²) < 4.78 is 0. The fraction of sp³-hybridized carbons (Fsp3) is 0.227. The number of aryl methyl sites for hydroxylation is 2. The molecule has 8 heteroatoms. The lowest BCUT2D eigenvalue weighted by molar-refractivity contribution is -0.117. The zero-order valence-electron chi connectivity index (χ0n) is 16.8. The third-order valence-corrected chi connectivity index (χ3v) is 5.06. The number of nitrogens with two attached hydrogens (primary N) is 2. The zero-order valence-corrected chi connectivity index (χ0v) is 16.8. The van der Waals surface area contributed by atoms with Gasteiger partial charge in [0.05, 0.1) is 5.69 Å². The third kappa shape index (κ3) is 4.05. The molecule has 30 heavy (non-hydrogen) atoms. The molecular formula is C22H22N6O2. The average Bonchev–Trinajstić information content (AvgIpc) is 3.54. The molecule has 0 radical (unpaired) electrons. The van der Waals surface area contributed by atoms with E-state index in [2.05, 4.69) is 21.9 Å². The molecule has 1 fully saturated rings. The average molecular weight is 402 g/mol. The Hall–Kier alpha value is -3.99. The number of fused-ring (bicyclic) bond motifs is 1. The maximum atomic E-state index is 12.0. The highest BCUT2D eigenvalue weighted by Crippen LogP contribution is 2.32. The quantitative estimate of drug-likeness (QED) is 0.611. The van der Waals surface area contributed by atoms with E-state index in [-0.39, 0.29) is 11.8 Å². The molecule has 0 spiro atoms. The number of hydrogen-bond acceptors (Lipinski definition) is 6. The lowest BCUT2D eigenvalue weighted by Crippen LogP contribution is -2.14. The van der Waals surface area contributed by atoms with Crippen molar-refractivity contribution in [2.24, 2.45) is 11.7 Å². The number of nitriles is 1. The molecule has 1 aliphatic rings. The van der Waals surface area contributed by atoms with Gasteiger partial charge in [-0.15, -0.1) is 0 Å². The van der Waals surface area contributed by atoms with Crippen molar-refractivity contribution in [2.45, 2.75) is 26.7 Å². The van der Waals surface area contributed by atoms with Gasteiger partial charge in [-0.1, -0.05) is 6.07 Å². The van der Waals surface area contributed by atoms with Crippen molar-refractivity contribution in [3.63, 3.8) is 0 Å². The van der Waals surface area contributed by atoms with Gasteiger partial charge >= 0.3 is 0 Å². The maximum Gasteiger partial charge on any atom is 0.248 e. The van der Waals surface area contributed by atoms with Crippen molar-refractivity contribution in [1.29, 1.82) is 5.26 Å². The molecule has 152 valence electrons. The number of amides is 2. The fourth-order valence-corrected chi connectivity index (χ4v) is 3.35. The van der Waals surface area contributed by atoms with Gasteiger partial charge in [-0.25, -0.2) is 15.2 Å². The van der Waals surface area contributed by atoms with Crippen molar-refractivity contribution >= 4 is 34.2 Å². The molecule has 3 aromatic rings. The second kappa shape index (κ2) is 8.17. The molecule has 0 atom stereocenters. The van der Waals surface area contributed by atoms with E-state index in [1.54, 1.807) is 18.3 Å². The lowest BCUT2D eigenvalue weighted by atomic mass is 9.96. The van der Waals surface area contributed by atoms with Crippen LogP contribution in [0.3, 0.4) is 0 Å². The minimum absolute atomic E-state index is 0.00502. The van der Waals surface area contributed by atoms with E-state index in [1.807, 2.05) is 26.0 Å². The number of carbonyl (C=O) groups excluding carboxylic acids is 2. The topological polar surface area (TPSA) is 148 Å². The highest BCUT2D eigenvalue weighted by atomic mass is 16.2. The molecule has 1 aliphatic carbocycles. The largest absolute Gasteiger partial charge is 0.383 e. The van der Waals surface area contributed by atoms with E-state index in [0.717, 1.165) is 34.9 Å². The van der Waals surface area contributed by atoms with Gasteiger partial charge in [0.15, 0.2) is 0 Å². The molecule has 2 aromatic heterocycles. The van der Waals surface area contributed by atoms with Gasteiger partial charge in [0.25, 0.3) is 0 Å². The highest BCUT2D eigenvalue weighted by molar-refractivity contribution is 5.99. The molecule has 5 N–H and O–H groups in total. The summed E-state index contributed by atoms with van der Waals surface area (Å²) in [6.07, 6.45) is 3.46. The molecule has 8 nitrogen and oxygen atoms in total. The molecule has 0 aliphatic heterocycles. The summed E-state index contributed by atoms with van der Waals surface area (Å²) in [6.45, 7) is 7.29. The van der Waals surface area contributed by atoms with E-state index < -0.39 is 5.91 Å². The number of nitrogens with one attached hydrogen (secondary N) is 1. The molecule has 2 heterocycles. The first kappa shape index (κ1) is 20.7. The monoisotopic (exact) mass is 402 g/mol. The van der Waals surface area contributed by atoms with Crippen LogP contribution >= 0.6 is 0 Å². The second-order valence-corrected chi connectivity index (χ2v) is 7.29. The summed E-state index contributed by atoms with van der Waals surface area (Å²) in [5.41, 5.74) is 15.3. The molecule has 0 bridgehead atoms. The predicted molar refractivity (Wildman–Crippen MR) is 115 cm³/mol. The van der Waals surface area contributed by atoms with E-state index in [4.69, 9.17) is 16.7 Å². The summed E-state index contributed by atoms with van der Waals surface area (Å²) in [5.74, 6) is 0.425. The van der Waals surface area contributed by atoms with Crippen LogP contribution in [0.2, 0.25) is 0 Å². The van der Waals surface area contributed by atoms with Gasteiger partial charge < -0.3 is 16.8 Å². The molecule has 0 unspecified atom stereocenters. The van der Waals surface area contributed by atoms with Gasteiger partial charge in [-0.2, -0.15) is 0 Å². The predicted octanol–water partition coefficient (Wildman–Crippen LogP) is 3.08. The Morgan fingerprint density at radius 1 is 1.13 bits per heavy atom. The van der Waals surface area contributed by atoms with Crippen molar-refractivity contribution in [2.75, 3.05) is 11.1 Å². The van der Waals surface area contributed by atoms with Crippen molar-refractivity contribution in [3.8, 4) is 17.8 Å². The summed E-state index contributed by atoms with van der Waals surface area (Å²) in [4.78, 5) is 32.5. The minimum Gasteiger partial charge on any atom is -0.383 e. The van der Waals surface area contributed by atoms with E-state index in [0.29, 0.717) is 28.3 Å². The second-order valence-electron chi connectivity index (χ2n) is 7.29. The van der Waals surface area contributed by atoms with Crippen LogP contribution in [0.1, 0.15) is 34.3 Å². The summed E-state index contributed by atoms with van der Waals surface area (Å²) in [5, 5.41) is 10.9. The van der Waals surface area contributed by atoms with Gasteiger partial charge in [-0.05, 0) is 61.4 Å². The third-order valence-electron chi connectivity index (χ3n) is 5.06. The number of nitrogens with zero attached hydrogens (tertiary/aromatic N) is 3. The summed E-state index contributed by atoms with van der Waals surface area (Å²) in [6, 6.07) is 7.32. The van der Waals surface area contributed by atoms with Gasteiger partial charge in [-0.3, -0.25) is 9.59 Å². The number of rotatable bonds is 4. The van der Waals surface area contributed by atoms with Crippen LogP contribution in [0.5, 0.6) is 0 Å². The number of benzene rings is 1. The number of carbonyl (C=O) groups is 2. The normalized spacial score (nSPS) is 12.7. The molecular weight excluding hydrogens is 380 g/mol. The Kier molecular flexibility index (Phi) is 5.65. The van der Waals surface area contributed by atoms with Crippen molar-refractivity contribution < 1.29 is 9.59 Å². The van der Waals surface area contributed by atoms with Crippen LogP contribution in [0.4, 0.5) is 11.6 Å². The molecule has 1 saturated carbocycles. The van der Waals surface area contributed by atoms with Crippen LogP contribution in [-0.4, -0.2) is 21.8 Å². The Balaban J connectivity index is 0.00000124. The SMILES string of the molecule is C#N.Cc1cc(C)c(-c2cc3cc(NC(=O)C4CC4)ncc3c(N)n2)cc1C(N)=O. The van der Waals surface area contributed by atoms with Crippen molar-refractivity contribution in [1.82, 2.24) is 9.97 Å². The van der Waals surface area contributed by atoms with E-state index in [1.165, 1.54) is 0 Å². The fourth-order valence-electron chi connectivity index (χ4n) is 3.35. The number of nitrogen functional groups attached to an aromatic ring is 1. The molecule has 4 rings (SSSR count). The standard InChI is InChI=1S/C21H21N5O2.CHN/c1-10-5-11(2)15(20(23)27)8-14(10)17-6-13-7-18(26-21(28)12-3-4-12)24-9-16(13)19(22)25-17;1-2/h5-9,12H,3-4H2,1-2H3,(H2,22,25)(H2,23,27)(H,24,26,28);1H. The first-order valence-electron chi connectivity index (χ1n) is 9.38.